The lowest BCUT2D eigenvalue weighted by Crippen LogP contribution is -2.43. The van der Waals surface area contributed by atoms with E-state index in [0.29, 0.717) is 11.3 Å². The molecule has 6 nitrogen and oxygen atoms in total. The number of carbonyl (C=O) groups excluding carboxylic acids is 1. The Kier molecular flexibility index (Phi) is 6.14. The molecule has 3 N–H and O–H groups in total. The van der Waals surface area contributed by atoms with E-state index >= 15 is 0 Å². The van der Waals surface area contributed by atoms with Gasteiger partial charge < -0.3 is 10.4 Å². The van der Waals surface area contributed by atoms with Crippen molar-refractivity contribution in [3.63, 3.8) is 0 Å². The van der Waals surface area contributed by atoms with E-state index in [1.54, 1.807) is 4.57 Å². The molecular formula is C15H26N4O2S. The van der Waals surface area contributed by atoms with Crippen LogP contribution in [0, 0.1) is 4.77 Å². The van der Waals surface area contributed by atoms with Gasteiger partial charge in [-0.1, -0.05) is 32.6 Å². The molecule has 2 rings (SSSR count). The first-order valence-corrected chi connectivity index (χ1v) is 8.58. The Hall–Kier alpha value is -1.21. The Balaban J connectivity index is 1.90. The number of aromatic amines is 1. The molecular weight excluding hydrogens is 300 g/mol. The summed E-state index contributed by atoms with van der Waals surface area (Å²) in [5, 5.41) is 20.3. The third-order valence-electron chi connectivity index (χ3n) is 4.26. The van der Waals surface area contributed by atoms with Crippen LogP contribution in [0.4, 0.5) is 0 Å². The first kappa shape index (κ1) is 17.1. The van der Waals surface area contributed by atoms with Crippen LogP contribution < -0.4 is 5.32 Å². The molecule has 0 aliphatic heterocycles. The Morgan fingerprint density at radius 3 is 2.73 bits per heavy atom. The molecule has 1 aliphatic rings. The summed E-state index contributed by atoms with van der Waals surface area (Å²) in [6.45, 7) is 2.53. The average molecular weight is 326 g/mol. The highest BCUT2D eigenvalue weighted by atomic mass is 32.1. The number of nitrogens with zero attached hydrogens (tertiary/aromatic N) is 2. The number of rotatable bonds is 6. The highest BCUT2D eigenvalue weighted by molar-refractivity contribution is 7.71. The molecule has 1 aromatic rings. The topological polar surface area (TPSA) is 82.9 Å². The molecule has 1 heterocycles. The van der Waals surface area contributed by atoms with Crippen LogP contribution in [-0.2, 0) is 17.8 Å². The van der Waals surface area contributed by atoms with Crippen LogP contribution in [0.5, 0.6) is 0 Å². The van der Waals surface area contributed by atoms with E-state index in [-0.39, 0.29) is 12.5 Å². The minimum absolute atomic E-state index is 0.132. The van der Waals surface area contributed by atoms with Crippen LogP contribution in [0.15, 0.2) is 0 Å². The van der Waals surface area contributed by atoms with Gasteiger partial charge in [0, 0.05) is 13.0 Å². The van der Waals surface area contributed by atoms with Gasteiger partial charge in [-0.3, -0.25) is 14.5 Å². The Labute approximate surface area is 136 Å². The molecule has 0 saturated heterocycles. The Morgan fingerprint density at radius 1 is 1.41 bits per heavy atom. The molecule has 1 aromatic heterocycles. The number of aliphatic hydroxyl groups is 1. The smallest absolute Gasteiger partial charge is 0.240 e. The van der Waals surface area contributed by atoms with Crippen molar-refractivity contribution >= 4 is 18.1 Å². The van der Waals surface area contributed by atoms with Crippen molar-refractivity contribution in [3.05, 3.63) is 10.6 Å². The summed E-state index contributed by atoms with van der Waals surface area (Å²) < 4.78 is 2.19. The van der Waals surface area contributed by atoms with Gasteiger partial charge in [-0.2, -0.15) is 5.10 Å². The van der Waals surface area contributed by atoms with Gasteiger partial charge in [0.05, 0.1) is 5.60 Å². The molecule has 1 aliphatic carbocycles. The standard InChI is InChI=1S/C15H26N4O2S/c1-2-7-12-17-18-14(22)19(12)10-13(20)16-11-15(21)8-5-3-4-6-9-15/h21H,2-11H2,1H3,(H,16,20)(H,18,22). The number of aryl methyl sites for hydroxylation is 1. The van der Waals surface area contributed by atoms with Crippen LogP contribution in [0.25, 0.3) is 0 Å². The van der Waals surface area contributed by atoms with Crippen molar-refractivity contribution in [2.45, 2.75) is 70.4 Å². The van der Waals surface area contributed by atoms with Crippen LogP contribution >= 0.6 is 12.2 Å². The first-order valence-electron chi connectivity index (χ1n) is 8.17. The average Bonchev–Trinajstić information content (AvgIpc) is 2.71. The molecule has 0 radical (unpaired) electrons. The van der Waals surface area contributed by atoms with Crippen LogP contribution in [-0.4, -0.2) is 37.9 Å². The maximum absolute atomic E-state index is 12.2. The molecule has 1 saturated carbocycles. The van der Waals surface area contributed by atoms with Gasteiger partial charge in [0.25, 0.3) is 0 Å². The number of nitrogens with one attached hydrogen (secondary N) is 2. The van der Waals surface area contributed by atoms with Gasteiger partial charge >= 0.3 is 0 Å². The minimum Gasteiger partial charge on any atom is -0.388 e. The van der Waals surface area contributed by atoms with Gasteiger partial charge in [0.1, 0.15) is 12.4 Å². The molecule has 1 amide bonds. The zero-order chi connectivity index (χ0) is 16.0. The lowest BCUT2D eigenvalue weighted by molar-refractivity contribution is -0.123. The summed E-state index contributed by atoms with van der Waals surface area (Å²) in [4.78, 5) is 12.2. The Bertz CT molecular complexity index is 544. The van der Waals surface area contributed by atoms with Gasteiger partial charge in [0.2, 0.25) is 5.91 Å². The summed E-state index contributed by atoms with van der Waals surface area (Å²) in [5.41, 5.74) is -0.754. The van der Waals surface area contributed by atoms with Gasteiger partial charge in [-0.05, 0) is 31.5 Å². The van der Waals surface area contributed by atoms with Crippen LogP contribution in [0.1, 0.15) is 57.7 Å². The second-order valence-corrected chi connectivity index (χ2v) is 6.58. The van der Waals surface area contributed by atoms with Crippen molar-refractivity contribution in [3.8, 4) is 0 Å². The molecule has 0 atom stereocenters. The number of aromatic nitrogens is 3. The number of hydrogen-bond donors (Lipinski definition) is 3. The third-order valence-corrected chi connectivity index (χ3v) is 4.57. The zero-order valence-corrected chi connectivity index (χ0v) is 14.0. The second-order valence-electron chi connectivity index (χ2n) is 6.20. The summed E-state index contributed by atoms with van der Waals surface area (Å²) in [7, 11) is 0. The number of carbonyl (C=O) groups is 1. The molecule has 124 valence electrons. The predicted molar refractivity (Wildman–Crippen MR) is 87.1 cm³/mol. The summed E-state index contributed by atoms with van der Waals surface area (Å²) >= 11 is 5.17. The highest BCUT2D eigenvalue weighted by Gasteiger charge is 2.28. The molecule has 22 heavy (non-hydrogen) atoms. The largest absolute Gasteiger partial charge is 0.388 e. The van der Waals surface area contributed by atoms with E-state index in [9.17, 15) is 9.90 Å². The Morgan fingerprint density at radius 2 is 2.09 bits per heavy atom. The molecule has 0 unspecified atom stereocenters. The summed E-state index contributed by atoms with van der Waals surface area (Å²) in [6, 6.07) is 0. The van der Waals surface area contributed by atoms with Crippen molar-refractivity contribution in [1.82, 2.24) is 20.1 Å². The van der Waals surface area contributed by atoms with Gasteiger partial charge in [-0.25, -0.2) is 0 Å². The zero-order valence-electron chi connectivity index (χ0n) is 13.2. The number of H-pyrrole nitrogens is 1. The third kappa shape index (κ3) is 4.64. The minimum atomic E-state index is -0.754. The van der Waals surface area contributed by atoms with Gasteiger partial charge in [-0.15, -0.1) is 0 Å². The van der Waals surface area contributed by atoms with E-state index in [1.807, 2.05) is 0 Å². The molecule has 1 fully saturated rings. The lowest BCUT2D eigenvalue weighted by atomic mass is 9.94. The van der Waals surface area contributed by atoms with Crippen LogP contribution in [0.3, 0.4) is 0 Å². The van der Waals surface area contributed by atoms with Crippen molar-refractivity contribution in [1.29, 1.82) is 0 Å². The SMILES string of the molecule is CCCc1n[nH]c(=S)n1CC(=O)NCC1(O)CCCCCC1. The summed E-state index contributed by atoms with van der Waals surface area (Å²) in [5.74, 6) is 0.670. The quantitative estimate of drug-likeness (QED) is 0.552. The van der Waals surface area contributed by atoms with Crippen molar-refractivity contribution in [2.24, 2.45) is 0 Å². The number of hydrogen-bond acceptors (Lipinski definition) is 4. The lowest BCUT2D eigenvalue weighted by Gasteiger charge is -2.26. The fourth-order valence-electron chi connectivity index (χ4n) is 2.95. The fraction of sp³-hybridized carbons (Fsp3) is 0.800. The fourth-order valence-corrected chi connectivity index (χ4v) is 3.17. The second kappa shape index (κ2) is 7.87. The summed E-state index contributed by atoms with van der Waals surface area (Å²) in [6.07, 6.45) is 7.64. The molecule has 0 bridgehead atoms. The normalized spacial score (nSPS) is 17.9. The number of amides is 1. The molecule has 0 spiro atoms. The van der Waals surface area contributed by atoms with Gasteiger partial charge in [0.15, 0.2) is 4.77 Å². The maximum Gasteiger partial charge on any atom is 0.240 e. The van der Waals surface area contributed by atoms with E-state index in [2.05, 4.69) is 22.4 Å². The first-order chi connectivity index (χ1) is 10.5. The van der Waals surface area contributed by atoms with E-state index in [1.165, 1.54) is 12.8 Å². The van der Waals surface area contributed by atoms with E-state index in [0.717, 1.165) is 44.3 Å². The van der Waals surface area contributed by atoms with E-state index < -0.39 is 5.60 Å². The maximum atomic E-state index is 12.2. The van der Waals surface area contributed by atoms with Crippen LogP contribution in [0.2, 0.25) is 0 Å². The molecule has 0 aromatic carbocycles. The van der Waals surface area contributed by atoms with Crippen molar-refractivity contribution < 1.29 is 9.90 Å². The van der Waals surface area contributed by atoms with E-state index in [4.69, 9.17) is 12.2 Å². The predicted octanol–water partition coefficient (Wildman–Crippen LogP) is 2.09. The monoisotopic (exact) mass is 326 g/mol. The highest BCUT2D eigenvalue weighted by Crippen LogP contribution is 2.26. The molecule has 7 heteroatoms. The van der Waals surface area contributed by atoms with Crippen molar-refractivity contribution in [2.75, 3.05) is 6.54 Å².